The Kier molecular flexibility index (Phi) is 4.13. The van der Waals surface area contributed by atoms with Crippen LogP contribution >= 0.6 is 23.6 Å². The molecule has 0 saturated carbocycles. The van der Waals surface area contributed by atoms with Crippen LogP contribution in [0.1, 0.15) is 24.5 Å². The number of aryl methyl sites for hydroxylation is 1. The molecule has 1 N–H and O–H groups in total. The monoisotopic (exact) mass is 331 g/mol. The summed E-state index contributed by atoms with van der Waals surface area (Å²) < 4.78 is 4.56. The molecule has 0 saturated heterocycles. The van der Waals surface area contributed by atoms with Crippen LogP contribution in [0.25, 0.3) is 23.2 Å². The average Bonchev–Trinajstić information content (AvgIpc) is 3.01. The average molecular weight is 331 g/mol. The summed E-state index contributed by atoms with van der Waals surface area (Å²) >= 11 is 6.67. The Hall–Kier alpha value is -1.92. The first-order chi connectivity index (χ1) is 10.7. The molecule has 4 nitrogen and oxygen atoms in total. The molecule has 3 aromatic rings. The van der Waals surface area contributed by atoms with Gasteiger partial charge < -0.3 is 9.67 Å². The number of hydrogen-bond acceptors (Lipinski definition) is 4. The van der Waals surface area contributed by atoms with Gasteiger partial charge in [-0.3, -0.25) is 4.57 Å². The first kappa shape index (κ1) is 15.0. The van der Waals surface area contributed by atoms with Crippen LogP contribution in [0.2, 0.25) is 0 Å². The van der Waals surface area contributed by atoms with Crippen molar-refractivity contribution in [2.75, 3.05) is 0 Å². The highest BCUT2D eigenvalue weighted by Crippen LogP contribution is 2.28. The molecule has 0 aliphatic carbocycles. The first-order valence-electron chi connectivity index (χ1n) is 7.21. The van der Waals surface area contributed by atoms with Crippen molar-refractivity contribution in [2.45, 2.75) is 26.9 Å². The minimum atomic E-state index is 0.230. The van der Waals surface area contributed by atoms with E-state index in [4.69, 9.17) is 12.2 Å². The van der Waals surface area contributed by atoms with E-state index in [0.29, 0.717) is 10.5 Å². The van der Waals surface area contributed by atoms with Crippen molar-refractivity contribution < 1.29 is 5.11 Å². The van der Waals surface area contributed by atoms with Crippen LogP contribution in [0.3, 0.4) is 0 Å². The maximum atomic E-state index is 10.2. The van der Waals surface area contributed by atoms with Gasteiger partial charge in [0.2, 0.25) is 5.88 Å². The molecule has 6 heteroatoms. The third-order valence-electron chi connectivity index (χ3n) is 3.59. The standard InChI is InChI=1S/C16H17N3OS2/c1-3-18-12-8-6-5-7-11(12)17-14(18)10-9-13-15(20)19(4-2)16(21)22-13/h5-10,20H,3-4H2,1-2H3. The SMILES string of the molecule is CCn1c(O)c(C=Cc2nc3ccccc3n2CC)sc1=S. The lowest BCUT2D eigenvalue weighted by Crippen LogP contribution is -1.96. The molecule has 0 radical (unpaired) electrons. The Balaban J connectivity index is 2.04. The highest BCUT2D eigenvalue weighted by atomic mass is 32.1. The molecule has 0 bridgehead atoms. The minimum Gasteiger partial charge on any atom is -0.493 e. The topological polar surface area (TPSA) is 43.0 Å². The van der Waals surface area contributed by atoms with Crippen molar-refractivity contribution in [1.82, 2.24) is 14.1 Å². The summed E-state index contributed by atoms with van der Waals surface area (Å²) in [5.74, 6) is 1.11. The summed E-state index contributed by atoms with van der Waals surface area (Å²) in [4.78, 5) is 5.41. The van der Waals surface area contributed by atoms with Crippen LogP contribution < -0.4 is 0 Å². The number of hydrogen-bond donors (Lipinski definition) is 1. The Bertz CT molecular complexity index is 902. The number of nitrogens with zero attached hydrogens (tertiary/aromatic N) is 3. The zero-order chi connectivity index (χ0) is 15.7. The number of thiazole rings is 1. The molecule has 1 aromatic carbocycles. The van der Waals surface area contributed by atoms with Gasteiger partial charge in [-0.1, -0.05) is 12.1 Å². The van der Waals surface area contributed by atoms with Crippen LogP contribution in [0.5, 0.6) is 5.88 Å². The number of aromatic hydroxyl groups is 1. The van der Waals surface area contributed by atoms with Gasteiger partial charge in [0.15, 0.2) is 3.95 Å². The molecule has 2 heterocycles. The second kappa shape index (κ2) is 6.06. The van der Waals surface area contributed by atoms with Crippen molar-refractivity contribution in [3.8, 4) is 5.88 Å². The molecular weight excluding hydrogens is 314 g/mol. The van der Waals surface area contributed by atoms with E-state index in [1.807, 2.05) is 37.3 Å². The van der Waals surface area contributed by atoms with Gasteiger partial charge in [-0.15, -0.1) is 11.3 Å². The van der Waals surface area contributed by atoms with Gasteiger partial charge >= 0.3 is 0 Å². The molecular formula is C16H17N3OS2. The summed E-state index contributed by atoms with van der Waals surface area (Å²) in [5, 5.41) is 10.2. The minimum absolute atomic E-state index is 0.230. The summed E-state index contributed by atoms with van der Waals surface area (Å²) in [6.45, 7) is 5.58. The number of imidazole rings is 1. The molecule has 114 valence electrons. The molecule has 0 atom stereocenters. The Morgan fingerprint density at radius 1 is 1.18 bits per heavy atom. The smallest absolute Gasteiger partial charge is 0.210 e. The van der Waals surface area contributed by atoms with E-state index in [0.717, 1.165) is 28.3 Å². The van der Waals surface area contributed by atoms with Crippen LogP contribution in [0.15, 0.2) is 24.3 Å². The van der Waals surface area contributed by atoms with E-state index in [2.05, 4.69) is 22.5 Å². The molecule has 0 amide bonds. The largest absolute Gasteiger partial charge is 0.493 e. The molecule has 0 aliphatic heterocycles. The molecule has 0 aliphatic rings. The van der Waals surface area contributed by atoms with Crippen LogP contribution in [-0.4, -0.2) is 19.2 Å². The molecule has 0 unspecified atom stereocenters. The predicted molar refractivity (Wildman–Crippen MR) is 94.8 cm³/mol. The zero-order valence-electron chi connectivity index (χ0n) is 12.5. The maximum absolute atomic E-state index is 10.2. The fraction of sp³-hybridized carbons (Fsp3) is 0.250. The van der Waals surface area contributed by atoms with Crippen LogP contribution in [0, 0.1) is 3.95 Å². The number of benzene rings is 1. The fourth-order valence-electron chi connectivity index (χ4n) is 2.51. The third-order valence-corrected chi connectivity index (χ3v) is 5.00. The number of fused-ring (bicyclic) bond motifs is 1. The van der Waals surface area contributed by atoms with Crippen molar-refractivity contribution >= 4 is 46.7 Å². The molecule has 3 rings (SSSR count). The molecule has 2 aromatic heterocycles. The van der Waals surface area contributed by atoms with E-state index >= 15 is 0 Å². The number of para-hydroxylation sites is 2. The number of aromatic nitrogens is 3. The quantitative estimate of drug-likeness (QED) is 0.714. The van der Waals surface area contributed by atoms with Crippen molar-refractivity contribution in [3.63, 3.8) is 0 Å². The van der Waals surface area contributed by atoms with Crippen LogP contribution in [-0.2, 0) is 13.1 Å². The molecule has 0 spiro atoms. The van der Waals surface area contributed by atoms with Gasteiger partial charge in [0.1, 0.15) is 5.82 Å². The Morgan fingerprint density at radius 3 is 2.59 bits per heavy atom. The Morgan fingerprint density at radius 2 is 1.91 bits per heavy atom. The number of rotatable bonds is 4. The normalized spacial score (nSPS) is 11.7. The van der Waals surface area contributed by atoms with Gasteiger partial charge in [0, 0.05) is 13.1 Å². The fourth-order valence-corrected chi connectivity index (χ4v) is 3.84. The summed E-state index contributed by atoms with van der Waals surface area (Å²) in [6, 6.07) is 8.08. The highest BCUT2D eigenvalue weighted by molar-refractivity contribution is 7.73. The van der Waals surface area contributed by atoms with Crippen molar-refractivity contribution in [3.05, 3.63) is 38.9 Å². The molecule has 22 heavy (non-hydrogen) atoms. The summed E-state index contributed by atoms with van der Waals surface area (Å²) in [5.41, 5.74) is 2.10. The van der Waals surface area contributed by atoms with Gasteiger partial charge in [-0.05, 0) is 50.4 Å². The first-order valence-corrected chi connectivity index (χ1v) is 8.44. The third kappa shape index (κ3) is 2.48. The van der Waals surface area contributed by atoms with E-state index < -0.39 is 0 Å². The lowest BCUT2D eigenvalue weighted by Gasteiger charge is -2.02. The lowest BCUT2D eigenvalue weighted by molar-refractivity contribution is 0.419. The summed E-state index contributed by atoms with van der Waals surface area (Å²) in [7, 11) is 0. The lowest BCUT2D eigenvalue weighted by atomic mass is 10.3. The second-order valence-electron chi connectivity index (χ2n) is 4.84. The second-order valence-corrected chi connectivity index (χ2v) is 6.51. The van der Waals surface area contributed by atoms with E-state index in [9.17, 15) is 5.11 Å². The van der Waals surface area contributed by atoms with E-state index in [1.54, 1.807) is 4.57 Å². The Labute approximate surface area is 138 Å². The van der Waals surface area contributed by atoms with Gasteiger partial charge in [0.05, 0.1) is 15.9 Å². The highest BCUT2D eigenvalue weighted by Gasteiger charge is 2.09. The predicted octanol–water partition coefficient (Wildman–Crippen LogP) is 4.54. The van der Waals surface area contributed by atoms with E-state index in [-0.39, 0.29) is 5.88 Å². The van der Waals surface area contributed by atoms with Crippen molar-refractivity contribution in [1.29, 1.82) is 0 Å². The van der Waals surface area contributed by atoms with Crippen molar-refractivity contribution in [2.24, 2.45) is 0 Å². The molecule has 0 fully saturated rings. The van der Waals surface area contributed by atoms with Crippen LogP contribution in [0.4, 0.5) is 0 Å². The zero-order valence-corrected chi connectivity index (χ0v) is 14.1. The van der Waals surface area contributed by atoms with Gasteiger partial charge in [-0.25, -0.2) is 4.98 Å². The van der Waals surface area contributed by atoms with Gasteiger partial charge in [0.25, 0.3) is 0 Å². The van der Waals surface area contributed by atoms with Gasteiger partial charge in [-0.2, -0.15) is 0 Å². The summed E-state index contributed by atoms with van der Waals surface area (Å²) in [6.07, 6.45) is 3.82. The van der Waals surface area contributed by atoms with E-state index in [1.165, 1.54) is 11.3 Å². The maximum Gasteiger partial charge on any atom is 0.210 e.